The van der Waals surface area contributed by atoms with Crippen LogP contribution in [-0.2, 0) is 21.2 Å². The Morgan fingerprint density at radius 2 is 1.83 bits per heavy atom. The topological polar surface area (TPSA) is 117 Å². The van der Waals surface area contributed by atoms with Crippen LogP contribution in [0, 0.1) is 11.7 Å². The molecule has 0 bridgehead atoms. The Kier molecular flexibility index (Phi) is 10.1. The molecule has 2 heterocycles. The van der Waals surface area contributed by atoms with E-state index in [0.717, 1.165) is 11.8 Å². The number of benzene rings is 2. The third-order valence-corrected chi connectivity index (χ3v) is 9.92. The SMILES string of the molecule is CC(C)C(c1ccc(Cl)cc1)C(N)C(=O)Nc1cncc(F)c1CC[C@H]1CNC[C@@H](C)N1S(=O)(=O)c1ccccc1. The molecule has 1 saturated heterocycles. The van der Waals surface area contributed by atoms with Gasteiger partial charge in [-0.3, -0.25) is 9.78 Å². The quantitative estimate of drug-likeness (QED) is 0.314. The van der Waals surface area contributed by atoms with Gasteiger partial charge in [-0.05, 0) is 55.5 Å². The lowest BCUT2D eigenvalue weighted by Crippen LogP contribution is -2.58. The zero-order chi connectivity index (χ0) is 29.7. The maximum absolute atomic E-state index is 15.1. The summed E-state index contributed by atoms with van der Waals surface area (Å²) in [6, 6.07) is 13.9. The lowest BCUT2D eigenvalue weighted by molar-refractivity contribution is -0.118. The number of carbonyl (C=O) groups is 1. The van der Waals surface area contributed by atoms with Gasteiger partial charge in [-0.1, -0.05) is 55.8 Å². The average Bonchev–Trinajstić information content (AvgIpc) is 2.94. The molecule has 220 valence electrons. The van der Waals surface area contributed by atoms with Gasteiger partial charge in [0.15, 0.2) is 0 Å². The van der Waals surface area contributed by atoms with Crippen LogP contribution in [0.3, 0.4) is 0 Å². The van der Waals surface area contributed by atoms with Gasteiger partial charge in [0.05, 0.1) is 29.0 Å². The molecule has 11 heteroatoms. The molecule has 4 atom stereocenters. The van der Waals surface area contributed by atoms with E-state index in [1.807, 2.05) is 32.9 Å². The van der Waals surface area contributed by atoms with E-state index in [0.29, 0.717) is 24.5 Å². The van der Waals surface area contributed by atoms with Gasteiger partial charge in [-0.2, -0.15) is 4.31 Å². The Morgan fingerprint density at radius 1 is 1.15 bits per heavy atom. The first kappa shape index (κ1) is 31.1. The zero-order valence-corrected chi connectivity index (χ0v) is 25.0. The standard InChI is InChI=1S/C30H37ClFN5O3S/c1-19(2)28(21-9-11-22(31)12-10-21)29(33)30(38)36-27-18-35-17-26(32)25(27)14-13-23-16-34-15-20(3)37(23)41(39,40)24-7-5-4-6-8-24/h4-12,17-20,23,28-29,34H,13-16,33H2,1-3H3,(H,36,38)/t20-,23+,28?,29?/m1/s1. The van der Waals surface area contributed by atoms with E-state index in [-0.39, 0.29) is 40.4 Å². The number of nitrogens with two attached hydrogens (primary N) is 1. The molecular formula is C30H37ClFN5O3S. The summed E-state index contributed by atoms with van der Waals surface area (Å²) in [4.78, 5) is 17.5. The smallest absolute Gasteiger partial charge is 0.243 e. The number of nitrogens with one attached hydrogen (secondary N) is 2. The number of aromatic nitrogens is 1. The zero-order valence-electron chi connectivity index (χ0n) is 23.4. The minimum absolute atomic E-state index is 0.0420. The maximum atomic E-state index is 15.1. The van der Waals surface area contributed by atoms with Crippen LogP contribution >= 0.6 is 11.6 Å². The largest absolute Gasteiger partial charge is 0.323 e. The van der Waals surface area contributed by atoms with Crippen molar-refractivity contribution < 1.29 is 17.6 Å². The van der Waals surface area contributed by atoms with Crippen LogP contribution in [0.1, 0.15) is 44.2 Å². The van der Waals surface area contributed by atoms with E-state index in [2.05, 4.69) is 15.6 Å². The molecule has 1 aliphatic rings. The monoisotopic (exact) mass is 601 g/mol. The van der Waals surface area contributed by atoms with E-state index < -0.39 is 33.8 Å². The summed E-state index contributed by atoms with van der Waals surface area (Å²) >= 11 is 6.04. The molecule has 3 aromatic rings. The Bertz CT molecular complexity index is 1440. The molecule has 8 nitrogen and oxygen atoms in total. The molecule has 0 aliphatic carbocycles. The fourth-order valence-corrected chi connectivity index (χ4v) is 7.57. The number of hydrogen-bond donors (Lipinski definition) is 3. The lowest BCUT2D eigenvalue weighted by Gasteiger charge is -2.40. The first-order valence-corrected chi connectivity index (χ1v) is 15.6. The highest BCUT2D eigenvalue weighted by molar-refractivity contribution is 7.89. The molecule has 1 aromatic heterocycles. The molecule has 41 heavy (non-hydrogen) atoms. The highest BCUT2D eigenvalue weighted by Crippen LogP contribution is 2.30. The fraction of sp³-hybridized carbons (Fsp3) is 0.400. The predicted octanol–water partition coefficient (Wildman–Crippen LogP) is 4.56. The van der Waals surface area contributed by atoms with Gasteiger partial charge in [0.25, 0.3) is 0 Å². The number of piperazine rings is 1. The highest BCUT2D eigenvalue weighted by Gasteiger charge is 2.38. The molecule has 0 saturated carbocycles. The fourth-order valence-electron chi connectivity index (χ4n) is 5.58. The van der Waals surface area contributed by atoms with Crippen molar-refractivity contribution in [1.29, 1.82) is 0 Å². The Balaban J connectivity index is 1.54. The van der Waals surface area contributed by atoms with Gasteiger partial charge in [0.2, 0.25) is 15.9 Å². The molecule has 1 amide bonds. The predicted molar refractivity (Wildman–Crippen MR) is 160 cm³/mol. The lowest BCUT2D eigenvalue weighted by atomic mass is 9.82. The summed E-state index contributed by atoms with van der Waals surface area (Å²) in [5.74, 6) is -1.30. The van der Waals surface area contributed by atoms with Gasteiger partial charge < -0.3 is 16.4 Å². The van der Waals surface area contributed by atoms with Gasteiger partial charge >= 0.3 is 0 Å². The van der Waals surface area contributed by atoms with E-state index in [4.69, 9.17) is 17.3 Å². The van der Waals surface area contributed by atoms with E-state index in [1.54, 1.807) is 42.5 Å². The number of anilines is 1. The number of sulfonamides is 1. The number of nitrogens with zero attached hydrogens (tertiary/aromatic N) is 2. The van der Waals surface area contributed by atoms with Crippen LogP contribution in [-0.4, -0.2) is 54.8 Å². The van der Waals surface area contributed by atoms with Crippen LogP contribution < -0.4 is 16.4 Å². The molecule has 0 spiro atoms. The van der Waals surface area contributed by atoms with Crippen LogP contribution in [0.5, 0.6) is 0 Å². The highest BCUT2D eigenvalue weighted by atomic mass is 35.5. The van der Waals surface area contributed by atoms with E-state index in [9.17, 15) is 13.2 Å². The third kappa shape index (κ3) is 7.13. The van der Waals surface area contributed by atoms with Gasteiger partial charge in [-0.25, -0.2) is 12.8 Å². The van der Waals surface area contributed by atoms with Crippen LogP contribution in [0.25, 0.3) is 0 Å². The third-order valence-electron chi connectivity index (χ3n) is 7.59. The molecule has 1 aliphatic heterocycles. The van der Waals surface area contributed by atoms with Gasteiger partial charge in [-0.15, -0.1) is 0 Å². The number of rotatable bonds is 10. The van der Waals surface area contributed by atoms with Crippen molar-refractivity contribution in [2.75, 3.05) is 18.4 Å². The van der Waals surface area contributed by atoms with Crippen molar-refractivity contribution in [2.45, 2.75) is 62.6 Å². The van der Waals surface area contributed by atoms with Crippen molar-refractivity contribution in [2.24, 2.45) is 11.7 Å². The minimum atomic E-state index is -3.77. The second-order valence-electron chi connectivity index (χ2n) is 10.8. The second-order valence-corrected chi connectivity index (χ2v) is 13.1. The number of halogens is 2. The summed E-state index contributed by atoms with van der Waals surface area (Å²) < 4.78 is 43.8. The number of pyridine rings is 1. The normalized spacial score (nSPS) is 19.6. The summed E-state index contributed by atoms with van der Waals surface area (Å²) in [6.45, 7) is 6.75. The van der Waals surface area contributed by atoms with Crippen LogP contribution in [0.15, 0.2) is 71.9 Å². The first-order valence-electron chi connectivity index (χ1n) is 13.7. The van der Waals surface area contributed by atoms with Gasteiger partial charge in [0, 0.05) is 41.7 Å². The molecule has 0 radical (unpaired) electrons. The van der Waals surface area contributed by atoms with Crippen LogP contribution in [0.4, 0.5) is 10.1 Å². The van der Waals surface area contributed by atoms with E-state index >= 15 is 4.39 Å². The minimum Gasteiger partial charge on any atom is -0.323 e. The summed E-state index contributed by atoms with van der Waals surface area (Å²) in [5, 5.41) is 6.66. The Labute approximate surface area is 246 Å². The van der Waals surface area contributed by atoms with Crippen LogP contribution in [0.2, 0.25) is 5.02 Å². The van der Waals surface area contributed by atoms with Crippen molar-refractivity contribution in [1.82, 2.24) is 14.6 Å². The average molecular weight is 602 g/mol. The number of carbonyl (C=O) groups excluding carboxylic acids is 1. The summed E-state index contributed by atoms with van der Waals surface area (Å²) in [5.41, 5.74) is 7.81. The molecule has 1 fully saturated rings. The molecular weight excluding hydrogens is 565 g/mol. The van der Waals surface area contributed by atoms with Gasteiger partial charge in [0.1, 0.15) is 5.82 Å². The summed E-state index contributed by atoms with van der Waals surface area (Å²) in [6.07, 6.45) is 3.01. The van der Waals surface area contributed by atoms with E-state index in [1.165, 1.54) is 10.5 Å². The van der Waals surface area contributed by atoms with Crippen molar-refractivity contribution >= 4 is 33.2 Å². The van der Waals surface area contributed by atoms with Crippen molar-refractivity contribution in [3.8, 4) is 0 Å². The number of amides is 1. The second kappa shape index (κ2) is 13.4. The Morgan fingerprint density at radius 3 is 2.49 bits per heavy atom. The molecule has 2 unspecified atom stereocenters. The van der Waals surface area contributed by atoms with Crippen molar-refractivity contribution in [3.05, 3.63) is 89.0 Å². The Hall–Kier alpha value is -2.89. The maximum Gasteiger partial charge on any atom is 0.243 e. The molecule has 2 aromatic carbocycles. The number of hydrogen-bond acceptors (Lipinski definition) is 6. The summed E-state index contributed by atoms with van der Waals surface area (Å²) in [7, 11) is -3.77. The van der Waals surface area contributed by atoms with Crippen molar-refractivity contribution in [3.63, 3.8) is 0 Å². The molecule has 4 N–H and O–H groups in total. The first-order chi connectivity index (χ1) is 19.5. The molecule has 4 rings (SSSR count).